The molecule has 0 amide bonds. The number of thiocarbonyl (C=S) groups is 1. The van der Waals surface area contributed by atoms with E-state index in [2.05, 4.69) is 27.9 Å². The number of carbonyl (C=O) groups is 1. The Balaban J connectivity index is 1.43. The summed E-state index contributed by atoms with van der Waals surface area (Å²) in [6.45, 7) is 0.682. The normalized spacial score (nSPS) is 10.7. The standard InChI is InChI=1S/C21H17ClN4O2S2/c1-28-20(27)19-18(22)15-8-7-14(11-16(15)30-19)23-21(29)24-17-9-10-26(25-17)12-13-5-3-2-4-6-13/h2-11H,12H2,1H3,(H2,23,24,25,29). The molecule has 2 N–H and O–H groups in total. The molecule has 0 aliphatic heterocycles. The van der Waals surface area contributed by atoms with Gasteiger partial charge in [-0.1, -0.05) is 41.9 Å². The lowest BCUT2D eigenvalue weighted by atomic mass is 10.2. The van der Waals surface area contributed by atoms with Gasteiger partial charge < -0.3 is 15.4 Å². The van der Waals surface area contributed by atoms with Crippen LogP contribution >= 0.6 is 35.2 Å². The molecular weight excluding hydrogens is 440 g/mol. The third kappa shape index (κ3) is 4.46. The molecule has 30 heavy (non-hydrogen) atoms. The zero-order valence-electron chi connectivity index (χ0n) is 15.9. The van der Waals surface area contributed by atoms with Crippen LogP contribution in [-0.4, -0.2) is 28.0 Å². The SMILES string of the molecule is COC(=O)c1sc2cc(NC(=S)Nc3ccn(Cc4ccccc4)n3)ccc2c1Cl. The fraction of sp³-hybridized carbons (Fsp3) is 0.0952. The Hall–Kier alpha value is -2.94. The van der Waals surface area contributed by atoms with Crippen molar-refractivity contribution in [3.05, 3.63) is 76.3 Å². The van der Waals surface area contributed by atoms with Crippen LogP contribution in [0.1, 0.15) is 15.2 Å². The number of esters is 1. The molecule has 9 heteroatoms. The van der Waals surface area contributed by atoms with Gasteiger partial charge in [-0.2, -0.15) is 5.10 Å². The van der Waals surface area contributed by atoms with Crippen molar-refractivity contribution in [3.63, 3.8) is 0 Å². The van der Waals surface area contributed by atoms with E-state index in [0.29, 0.717) is 27.4 Å². The van der Waals surface area contributed by atoms with Gasteiger partial charge in [0, 0.05) is 28.0 Å². The number of thiophene rings is 1. The van der Waals surface area contributed by atoms with Gasteiger partial charge in [0.2, 0.25) is 0 Å². The zero-order chi connectivity index (χ0) is 21.1. The Morgan fingerprint density at radius 1 is 1.20 bits per heavy atom. The van der Waals surface area contributed by atoms with E-state index in [1.165, 1.54) is 24.0 Å². The van der Waals surface area contributed by atoms with E-state index in [1.54, 1.807) is 0 Å². The predicted molar refractivity (Wildman–Crippen MR) is 126 cm³/mol. The summed E-state index contributed by atoms with van der Waals surface area (Å²) in [5.74, 6) is 0.204. The number of fused-ring (bicyclic) bond motifs is 1. The van der Waals surface area contributed by atoms with Crippen molar-refractivity contribution in [3.8, 4) is 0 Å². The minimum absolute atomic E-state index is 0.385. The van der Waals surface area contributed by atoms with Crippen molar-refractivity contribution >= 4 is 67.8 Å². The summed E-state index contributed by atoms with van der Waals surface area (Å²) in [4.78, 5) is 12.2. The molecule has 2 aromatic carbocycles. The molecule has 6 nitrogen and oxygen atoms in total. The Kier molecular flexibility index (Phi) is 5.98. The summed E-state index contributed by atoms with van der Waals surface area (Å²) in [7, 11) is 1.33. The zero-order valence-corrected chi connectivity index (χ0v) is 18.3. The van der Waals surface area contributed by atoms with Gasteiger partial charge in [-0.05, 0) is 36.0 Å². The lowest BCUT2D eigenvalue weighted by Crippen LogP contribution is -2.19. The number of ether oxygens (including phenoxy) is 1. The van der Waals surface area contributed by atoms with E-state index in [9.17, 15) is 4.79 Å². The maximum atomic E-state index is 11.8. The van der Waals surface area contributed by atoms with Gasteiger partial charge in [0.05, 0.1) is 18.7 Å². The number of carbonyl (C=O) groups excluding carboxylic acids is 1. The minimum atomic E-state index is -0.445. The molecule has 0 radical (unpaired) electrons. The number of hydrogen-bond acceptors (Lipinski definition) is 5. The molecular formula is C21H17ClN4O2S2. The van der Waals surface area contributed by atoms with Crippen LogP contribution in [0.2, 0.25) is 5.02 Å². The summed E-state index contributed by atoms with van der Waals surface area (Å²) in [6, 6.07) is 17.6. The average Bonchev–Trinajstić information content (AvgIpc) is 3.31. The van der Waals surface area contributed by atoms with Crippen LogP contribution in [0.4, 0.5) is 11.5 Å². The maximum Gasteiger partial charge on any atom is 0.349 e. The molecule has 152 valence electrons. The van der Waals surface area contributed by atoms with Crippen molar-refractivity contribution < 1.29 is 9.53 Å². The molecule has 4 rings (SSSR count). The van der Waals surface area contributed by atoms with Gasteiger partial charge in [0.25, 0.3) is 0 Å². The lowest BCUT2D eigenvalue weighted by Gasteiger charge is -2.09. The Bertz CT molecular complexity index is 1220. The molecule has 0 atom stereocenters. The summed E-state index contributed by atoms with van der Waals surface area (Å²) >= 11 is 13.0. The maximum absolute atomic E-state index is 11.8. The highest BCUT2D eigenvalue weighted by Crippen LogP contribution is 2.37. The average molecular weight is 457 g/mol. The number of benzene rings is 2. The van der Waals surface area contributed by atoms with Crippen molar-refractivity contribution in [2.75, 3.05) is 17.7 Å². The van der Waals surface area contributed by atoms with Crippen LogP contribution in [-0.2, 0) is 11.3 Å². The van der Waals surface area contributed by atoms with Crippen molar-refractivity contribution in [2.45, 2.75) is 6.54 Å². The van der Waals surface area contributed by atoms with Gasteiger partial charge in [-0.3, -0.25) is 4.68 Å². The lowest BCUT2D eigenvalue weighted by molar-refractivity contribution is 0.0606. The monoisotopic (exact) mass is 456 g/mol. The molecule has 0 aliphatic carbocycles. The highest BCUT2D eigenvalue weighted by Gasteiger charge is 2.17. The fourth-order valence-electron chi connectivity index (χ4n) is 2.93. The van der Waals surface area contributed by atoms with E-state index >= 15 is 0 Å². The van der Waals surface area contributed by atoms with Crippen LogP contribution < -0.4 is 10.6 Å². The first-order chi connectivity index (χ1) is 14.5. The molecule has 0 unspecified atom stereocenters. The molecule has 4 aromatic rings. The number of rotatable bonds is 5. The molecule has 0 bridgehead atoms. The van der Waals surface area contributed by atoms with E-state index in [1.807, 2.05) is 53.3 Å². The Morgan fingerprint density at radius 3 is 2.77 bits per heavy atom. The fourth-order valence-corrected chi connectivity index (χ4v) is 4.62. The topological polar surface area (TPSA) is 68.2 Å². The molecule has 0 saturated carbocycles. The molecule has 0 aliphatic rings. The van der Waals surface area contributed by atoms with Crippen LogP contribution in [0.3, 0.4) is 0 Å². The number of halogens is 1. The van der Waals surface area contributed by atoms with Crippen LogP contribution in [0, 0.1) is 0 Å². The van der Waals surface area contributed by atoms with Crippen molar-refractivity contribution in [1.82, 2.24) is 9.78 Å². The molecule has 2 aromatic heterocycles. The third-order valence-corrected chi connectivity index (χ3v) is 6.17. The number of nitrogens with zero attached hydrogens (tertiary/aromatic N) is 2. The largest absolute Gasteiger partial charge is 0.465 e. The number of nitrogens with one attached hydrogen (secondary N) is 2. The summed E-state index contributed by atoms with van der Waals surface area (Å²) < 4.78 is 7.48. The Labute approximate surface area is 187 Å². The van der Waals surface area contributed by atoms with E-state index in [4.69, 9.17) is 28.6 Å². The highest BCUT2D eigenvalue weighted by molar-refractivity contribution is 7.80. The molecule has 0 spiro atoms. The molecule has 0 saturated heterocycles. The number of methoxy groups -OCH3 is 1. The first-order valence-electron chi connectivity index (χ1n) is 8.99. The molecule has 2 heterocycles. The van der Waals surface area contributed by atoms with Crippen molar-refractivity contribution in [1.29, 1.82) is 0 Å². The van der Waals surface area contributed by atoms with E-state index < -0.39 is 5.97 Å². The number of hydrogen-bond donors (Lipinski definition) is 2. The highest BCUT2D eigenvalue weighted by atomic mass is 35.5. The second-order valence-corrected chi connectivity index (χ2v) is 8.25. The van der Waals surface area contributed by atoms with Crippen LogP contribution in [0.5, 0.6) is 0 Å². The summed E-state index contributed by atoms with van der Waals surface area (Å²) in [6.07, 6.45) is 1.89. The van der Waals surface area contributed by atoms with Crippen LogP contribution in [0.25, 0.3) is 10.1 Å². The van der Waals surface area contributed by atoms with Gasteiger partial charge >= 0.3 is 5.97 Å². The minimum Gasteiger partial charge on any atom is -0.465 e. The third-order valence-electron chi connectivity index (χ3n) is 4.33. The van der Waals surface area contributed by atoms with E-state index in [-0.39, 0.29) is 0 Å². The van der Waals surface area contributed by atoms with Gasteiger partial charge in [-0.15, -0.1) is 11.3 Å². The first-order valence-corrected chi connectivity index (χ1v) is 10.6. The van der Waals surface area contributed by atoms with Gasteiger partial charge in [0.15, 0.2) is 10.9 Å². The second kappa shape index (κ2) is 8.83. The number of anilines is 2. The second-order valence-electron chi connectivity index (χ2n) is 6.41. The number of aromatic nitrogens is 2. The quantitative estimate of drug-likeness (QED) is 0.310. The Morgan fingerprint density at radius 2 is 2.00 bits per heavy atom. The first kappa shape index (κ1) is 20.3. The summed E-state index contributed by atoms with van der Waals surface area (Å²) in [5, 5.41) is 12.3. The molecule has 0 fully saturated rings. The van der Waals surface area contributed by atoms with E-state index in [0.717, 1.165) is 15.8 Å². The van der Waals surface area contributed by atoms with Crippen LogP contribution in [0.15, 0.2) is 60.8 Å². The summed E-state index contributed by atoms with van der Waals surface area (Å²) in [5.41, 5.74) is 1.94. The van der Waals surface area contributed by atoms with Gasteiger partial charge in [0.1, 0.15) is 4.88 Å². The smallest absolute Gasteiger partial charge is 0.349 e. The van der Waals surface area contributed by atoms with Crippen molar-refractivity contribution in [2.24, 2.45) is 0 Å². The predicted octanol–water partition coefficient (Wildman–Crippen LogP) is 5.40. The van der Waals surface area contributed by atoms with Gasteiger partial charge in [-0.25, -0.2) is 4.79 Å².